The van der Waals surface area contributed by atoms with Crippen LogP contribution in [0.1, 0.15) is 24.2 Å². The van der Waals surface area contributed by atoms with E-state index in [9.17, 15) is 9.59 Å². The van der Waals surface area contributed by atoms with E-state index in [1.807, 2.05) is 25.1 Å². The minimum absolute atomic E-state index is 0.0796. The molecule has 0 fully saturated rings. The molecule has 0 heterocycles. The summed E-state index contributed by atoms with van der Waals surface area (Å²) in [5.41, 5.74) is 0.967. The summed E-state index contributed by atoms with van der Waals surface area (Å²) >= 11 is 0. The first-order valence-electron chi connectivity index (χ1n) is 7.35. The quantitative estimate of drug-likeness (QED) is 0.797. The van der Waals surface area contributed by atoms with E-state index in [0.29, 0.717) is 29.4 Å². The van der Waals surface area contributed by atoms with Crippen molar-refractivity contribution >= 4 is 17.4 Å². The Kier molecular flexibility index (Phi) is 5.74. The number of ether oxygens (including phenoxy) is 2. The van der Waals surface area contributed by atoms with Crippen LogP contribution < -0.4 is 14.8 Å². The highest BCUT2D eigenvalue weighted by molar-refractivity contribution is 5.98. The largest absolute Gasteiger partial charge is 0.492 e. The minimum Gasteiger partial charge on any atom is -0.492 e. The van der Waals surface area contributed by atoms with Gasteiger partial charge in [0.2, 0.25) is 0 Å². The Balaban J connectivity index is 2.06. The molecule has 0 bridgehead atoms. The Labute approximate surface area is 135 Å². The van der Waals surface area contributed by atoms with Crippen LogP contribution in [0, 0.1) is 0 Å². The molecule has 0 saturated carbocycles. The maximum atomic E-state index is 12.0. The summed E-state index contributed by atoms with van der Waals surface area (Å²) in [5.74, 6) is 0.732. The minimum atomic E-state index is -0.324. The lowest BCUT2D eigenvalue weighted by atomic mass is 10.1. The highest BCUT2D eigenvalue weighted by atomic mass is 16.5. The van der Waals surface area contributed by atoms with Gasteiger partial charge in [-0.05, 0) is 44.2 Å². The topological polar surface area (TPSA) is 64.6 Å². The van der Waals surface area contributed by atoms with Gasteiger partial charge in [-0.15, -0.1) is 0 Å². The Bertz CT molecular complexity index is 683. The lowest BCUT2D eigenvalue weighted by Crippen LogP contribution is -2.20. The van der Waals surface area contributed by atoms with Crippen LogP contribution in [-0.4, -0.2) is 24.9 Å². The van der Waals surface area contributed by atoms with Crippen LogP contribution in [0.25, 0.3) is 0 Å². The van der Waals surface area contributed by atoms with Crippen LogP contribution in [0.2, 0.25) is 0 Å². The molecular formula is C18H19NO4. The Morgan fingerprint density at radius 2 is 1.78 bits per heavy atom. The third-order valence-corrected chi connectivity index (χ3v) is 3.07. The Hall–Kier alpha value is -2.82. The number of carbonyl (C=O) groups is 2. The molecule has 5 heteroatoms. The molecule has 2 aromatic carbocycles. The van der Waals surface area contributed by atoms with E-state index in [4.69, 9.17) is 9.47 Å². The van der Waals surface area contributed by atoms with Gasteiger partial charge in [0.1, 0.15) is 11.5 Å². The van der Waals surface area contributed by atoms with E-state index in [1.54, 1.807) is 30.3 Å². The molecule has 0 aliphatic carbocycles. The van der Waals surface area contributed by atoms with Crippen molar-refractivity contribution in [2.45, 2.75) is 13.8 Å². The second kappa shape index (κ2) is 7.98. The van der Waals surface area contributed by atoms with Gasteiger partial charge in [0.05, 0.1) is 12.3 Å². The molecule has 0 atom stereocenters. The summed E-state index contributed by atoms with van der Waals surface area (Å²) in [7, 11) is 0. The molecular weight excluding hydrogens is 294 g/mol. The second-order valence-electron chi connectivity index (χ2n) is 4.85. The van der Waals surface area contributed by atoms with Gasteiger partial charge < -0.3 is 14.8 Å². The lowest BCUT2D eigenvalue weighted by molar-refractivity contribution is -0.118. The molecule has 1 N–H and O–H groups in total. The number of rotatable bonds is 7. The van der Waals surface area contributed by atoms with Crippen molar-refractivity contribution in [3.05, 3.63) is 54.1 Å². The van der Waals surface area contributed by atoms with Crippen molar-refractivity contribution in [1.29, 1.82) is 0 Å². The normalized spacial score (nSPS) is 10.0. The average Bonchev–Trinajstić information content (AvgIpc) is 2.55. The van der Waals surface area contributed by atoms with Crippen LogP contribution in [0.3, 0.4) is 0 Å². The summed E-state index contributed by atoms with van der Waals surface area (Å²) in [5, 5.41) is 2.72. The molecule has 0 unspecified atom stereocenters. The van der Waals surface area contributed by atoms with Crippen LogP contribution in [-0.2, 0) is 4.79 Å². The number of hydrogen-bond acceptors (Lipinski definition) is 4. The monoisotopic (exact) mass is 313 g/mol. The van der Waals surface area contributed by atoms with Crippen molar-refractivity contribution in [3.63, 3.8) is 0 Å². The van der Waals surface area contributed by atoms with E-state index >= 15 is 0 Å². The molecule has 0 aliphatic rings. The van der Waals surface area contributed by atoms with E-state index in [1.165, 1.54) is 6.92 Å². The summed E-state index contributed by atoms with van der Waals surface area (Å²) < 4.78 is 10.9. The molecule has 0 saturated heterocycles. The third-order valence-electron chi connectivity index (χ3n) is 3.07. The average molecular weight is 313 g/mol. The lowest BCUT2D eigenvalue weighted by Gasteiger charge is -2.13. The van der Waals surface area contributed by atoms with Crippen molar-refractivity contribution in [3.8, 4) is 11.5 Å². The van der Waals surface area contributed by atoms with E-state index in [2.05, 4.69) is 5.32 Å². The number of Topliss-reactive ketones (excluding diaryl/α,β-unsaturated/α-hetero) is 1. The second-order valence-corrected chi connectivity index (χ2v) is 4.85. The zero-order valence-corrected chi connectivity index (χ0v) is 13.2. The number of amides is 1. The summed E-state index contributed by atoms with van der Waals surface area (Å²) in [6, 6.07) is 14.0. The molecule has 120 valence electrons. The first-order chi connectivity index (χ1) is 11.1. The predicted octanol–water partition coefficient (Wildman–Crippen LogP) is 3.31. The summed E-state index contributed by atoms with van der Waals surface area (Å²) in [6.45, 7) is 3.66. The summed E-state index contributed by atoms with van der Waals surface area (Å²) in [6.07, 6.45) is 0. The zero-order chi connectivity index (χ0) is 16.7. The SMILES string of the molecule is CCOc1ccc(C(C)=O)cc1NC(=O)COc1ccccc1. The number of carbonyl (C=O) groups excluding carboxylic acids is 2. The van der Waals surface area contributed by atoms with Crippen molar-refractivity contribution in [1.82, 2.24) is 0 Å². The molecule has 2 aromatic rings. The summed E-state index contributed by atoms with van der Waals surface area (Å²) in [4.78, 5) is 23.5. The third kappa shape index (κ3) is 4.85. The van der Waals surface area contributed by atoms with E-state index in [-0.39, 0.29) is 18.3 Å². The van der Waals surface area contributed by atoms with E-state index < -0.39 is 0 Å². The van der Waals surface area contributed by atoms with Gasteiger partial charge in [-0.1, -0.05) is 18.2 Å². The van der Waals surface area contributed by atoms with Crippen LogP contribution in [0.4, 0.5) is 5.69 Å². The molecule has 2 rings (SSSR count). The number of para-hydroxylation sites is 1. The molecule has 1 amide bonds. The van der Waals surface area contributed by atoms with Crippen molar-refractivity contribution in [2.75, 3.05) is 18.5 Å². The molecule has 5 nitrogen and oxygen atoms in total. The fourth-order valence-electron chi connectivity index (χ4n) is 1.98. The highest BCUT2D eigenvalue weighted by Gasteiger charge is 2.11. The smallest absolute Gasteiger partial charge is 0.262 e. The van der Waals surface area contributed by atoms with Crippen molar-refractivity contribution in [2.24, 2.45) is 0 Å². The van der Waals surface area contributed by atoms with Gasteiger partial charge in [0.25, 0.3) is 5.91 Å². The molecule has 0 aromatic heterocycles. The van der Waals surface area contributed by atoms with Gasteiger partial charge in [0.15, 0.2) is 12.4 Å². The number of ketones is 1. The van der Waals surface area contributed by atoms with Gasteiger partial charge in [-0.2, -0.15) is 0 Å². The first-order valence-corrected chi connectivity index (χ1v) is 7.35. The molecule has 0 spiro atoms. The van der Waals surface area contributed by atoms with Gasteiger partial charge in [-0.3, -0.25) is 9.59 Å². The highest BCUT2D eigenvalue weighted by Crippen LogP contribution is 2.26. The number of anilines is 1. The van der Waals surface area contributed by atoms with Gasteiger partial charge in [-0.25, -0.2) is 0 Å². The van der Waals surface area contributed by atoms with Crippen molar-refractivity contribution < 1.29 is 19.1 Å². The fourth-order valence-corrected chi connectivity index (χ4v) is 1.98. The first kappa shape index (κ1) is 16.5. The van der Waals surface area contributed by atoms with Gasteiger partial charge in [0, 0.05) is 5.56 Å². The fraction of sp³-hybridized carbons (Fsp3) is 0.222. The zero-order valence-electron chi connectivity index (χ0n) is 13.2. The standard InChI is InChI=1S/C18H19NO4/c1-3-22-17-10-9-14(13(2)20)11-16(17)19-18(21)12-23-15-7-5-4-6-8-15/h4-11H,3,12H2,1-2H3,(H,19,21). The van der Waals surface area contributed by atoms with Gasteiger partial charge >= 0.3 is 0 Å². The molecule has 0 radical (unpaired) electrons. The van der Waals surface area contributed by atoms with Crippen LogP contribution in [0.5, 0.6) is 11.5 Å². The number of benzene rings is 2. The number of hydrogen-bond donors (Lipinski definition) is 1. The molecule has 0 aliphatic heterocycles. The van der Waals surface area contributed by atoms with Crippen LogP contribution in [0.15, 0.2) is 48.5 Å². The maximum Gasteiger partial charge on any atom is 0.262 e. The predicted molar refractivity (Wildman–Crippen MR) is 88.2 cm³/mol. The Morgan fingerprint density at radius 3 is 2.43 bits per heavy atom. The maximum absolute atomic E-state index is 12.0. The van der Waals surface area contributed by atoms with Crippen LogP contribution >= 0.6 is 0 Å². The Morgan fingerprint density at radius 1 is 1.04 bits per heavy atom. The molecule has 23 heavy (non-hydrogen) atoms. The number of nitrogens with one attached hydrogen (secondary N) is 1. The van der Waals surface area contributed by atoms with E-state index in [0.717, 1.165) is 0 Å².